The number of hydrogen-bond donors (Lipinski definition) is 1. The van der Waals surface area contributed by atoms with Gasteiger partial charge in [0.2, 0.25) is 0 Å². The van der Waals surface area contributed by atoms with Crippen molar-refractivity contribution in [2.45, 2.75) is 51.6 Å². The molecule has 1 heterocycles. The van der Waals surface area contributed by atoms with E-state index in [1.54, 1.807) is 29.2 Å². The maximum absolute atomic E-state index is 13.0. The Kier molecular flexibility index (Phi) is 6.16. The number of nitrogens with zero attached hydrogens (tertiary/aromatic N) is 2. The Bertz CT molecular complexity index is 929. The standard InChI is InChI=1S/C20H24ClN3O3/c1-2-23(15-9-4-3-5-10-15)18(25)16-12-22-20(27)24(19(16)26)13-14-8-6-7-11-17(14)21/h6-8,11-12,15H,2-5,9-10,13H2,1H3,(H,22,27). The molecule has 0 saturated heterocycles. The fourth-order valence-corrected chi connectivity index (χ4v) is 3.92. The van der Waals surface area contributed by atoms with Crippen LogP contribution in [0.25, 0.3) is 0 Å². The Morgan fingerprint density at radius 1 is 1.22 bits per heavy atom. The van der Waals surface area contributed by atoms with Crippen LogP contribution in [0.5, 0.6) is 0 Å². The first-order chi connectivity index (χ1) is 13.0. The highest BCUT2D eigenvalue weighted by Crippen LogP contribution is 2.23. The first-order valence-corrected chi connectivity index (χ1v) is 9.77. The smallest absolute Gasteiger partial charge is 0.328 e. The van der Waals surface area contributed by atoms with E-state index in [2.05, 4.69) is 4.98 Å². The molecule has 0 radical (unpaired) electrons. The molecule has 1 aliphatic carbocycles. The van der Waals surface area contributed by atoms with Crippen molar-refractivity contribution >= 4 is 17.5 Å². The summed E-state index contributed by atoms with van der Waals surface area (Å²) in [5.41, 5.74) is -0.500. The van der Waals surface area contributed by atoms with E-state index in [-0.39, 0.29) is 24.1 Å². The van der Waals surface area contributed by atoms with E-state index >= 15 is 0 Å². The van der Waals surface area contributed by atoms with E-state index < -0.39 is 11.2 Å². The lowest BCUT2D eigenvalue weighted by Crippen LogP contribution is -2.46. The zero-order chi connectivity index (χ0) is 19.4. The second kappa shape index (κ2) is 8.57. The molecule has 0 atom stereocenters. The van der Waals surface area contributed by atoms with Crippen molar-refractivity contribution in [3.05, 3.63) is 67.4 Å². The molecule has 1 N–H and O–H groups in total. The van der Waals surface area contributed by atoms with Crippen LogP contribution in [-0.2, 0) is 6.54 Å². The molecule has 1 aliphatic rings. The van der Waals surface area contributed by atoms with Crippen molar-refractivity contribution < 1.29 is 4.79 Å². The second-order valence-electron chi connectivity index (χ2n) is 6.87. The Morgan fingerprint density at radius 3 is 2.59 bits per heavy atom. The number of rotatable bonds is 5. The zero-order valence-electron chi connectivity index (χ0n) is 15.4. The van der Waals surface area contributed by atoms with Crippen molar-refractivity contribution in [2.24, 2.45) is 0 Å². The van der Waals surface area contributed by atoms with Gasteiger partial charge in [-0.3, -0.25) is 14.2 Å². The number of H-pyrrole nitrogens is 1. The summed E-state index contributed by atoms with van der Waals surface area (Å²) in [6, 6.07) is 7.18. The molecular weight excluding hydrogens is 366 g/mol. The summed E-state index contributed by atoms with van der Waals surface area (Å²) >= 11 is 6.15. The van der Waals surface area contributed by atoms with Crippen molar-refractivity contribution in [1.29, 1.82) is 0 Å². The van der Waals surface area contributed by atoms with Gasteiger partial charge in [0.25, 0.3) is 11.5 Å². The number of nitrogens with one attached hydrogen (secondary N) is 1. The van der Waals surface area contributed by atoms with Crippen LogP contribution < -0.4 is 11.2 Å². The van der Waals surface area contributed by atoms with Gasteiger partial charge in [-0.2, -0.15) is 0 Å². The molecule has 1 amide bonds. The van der Waals surface area contributed by atoms with Gasteiger partial charge < -0.3 is 9.88 Å². The molecule has 27 heavy (non-hydrogen) atoms. The Balaban J connectivity index is 1.94. The lowest BCUT2D eigenvalue weighted by atomic mass is 9.94. The minimum atomic E-state index is -0.585. The maximum atomic E-state index is 13.0. The highest BCUT2D eigenvalue weighted by Gasteiger charge is 2.27. The molecule has 144 valence electrons. The van der Waals surface area contributed by atoms with Crippen LogP contribution in [-0.4, -0.2) is 32.9 Å². The SMILES string of the molecule is CCN(C(=O)c1c[nH]c(=O)n(Cc2ccccc2Cl)c1=O)C1CCCCC1. The highest BCUT2D eigenvalue weighted by atomic mass is 35.5. The summed E-state index contributed by atoms with van der Waals surface area (Å²) in [5.74, 6) is -0.321. The molecule has 3 rings (SSSR count). The number of amides is 1. The minimum absolute atomic E-state index is 0.00548. The Labute approximate surface area is 162 Å². The van der Waals surface area contributed by atoms with Crippen LogP contribution in [0.15, 0.2) is 40.1 Å². The minimum Gasteiger partial charge on any atom is -0.336 e. The van der Waals surface area contributed by atoms with Crippen LogP contribution in [0.3, 0.4) is 0 Å². The number of hydrogen-bond acceptors (Lipinski definition) is 3. The Morgan fingerprint density at radius 2 is 1.93 bits per heavy atom. The largest absolute Gasteiger partial charge is 0.336 e. The third-order valence-corrected chi connectivity index (χ3v) is 5.56. The van der Waals surface area contributed by atoms with Crippen molar-refractivity contribution in [1.82, 2.24) is 14.5 Å². The first kappa shape index (κ1) is 19.4. The molecule has 2 aromatic rings. The molecule has 0 aliphatic heterocycles. The predicted molar refractivity (Wildman–Crippen MR) is 105 cm³/mol. The van der Waals surface area contributed by atoms with Crippen molar-refractivity contribution in [3.63, 3.8) is 0 Å². The van der Waals surface area contributed by atoms with Gasteiger partial charge in [-0.25, -0.2) is 4.79 Å². The number of halogens is 1. The maximum Gasteiger partial charge on any atom is 0.328 e. The number of aromatic amines is 1. The fourth-order valence-electron chi connectivity index (χ4n) is 3.72. The summed E-state index contributed by atoms with van der Waals surface area (Å²) in [6.45, 7) is 2.47. The lowest BCUT2D eigenvalue weighted by Gasteiger charge is -2.33. The number of carbonyl (C=O) groups is 1. The van der Waals surface area contributed by atoms with Gasteiger partial charge in [0.1, 0.15) is 5.56 Å². The number of carbonyl (C=O) groups excluding carboxylic acids is 1. The van der Waals surface area contributed by atoms with Crippen LogP contribution >= 0.6 is 11.6 Å². The van der Waals surface area contributed by atoms with Crippen molar-refractivity contribution in [3.8, 4) is 0 Å². The topological polar surface area (TPSA) is 75.2 Å². The summed E-state index contributed by atoms with van der Waals surface area (Å²) < 4.78 is 1.03. The van der Waals surface area contributed by atoms with Gasteiger partial charge in [0.05, 0.1) is 6.54 Å². The van der Waals surface area contributed by atoms with E-state index in [1.807, 2.05) is 6.92 Å². The second-order valence-corrected chi connectivity index (χ2v) is 7.28. The average Bonchev–Trinajstić information content (AvgIpc) is 2.68. The van der Waals surface area contributed by atoms with Crippen LogP contribution in [0.4, 0.5) is 0 Å². The summed E-state index contributed by atoms with van der Waals surface area (Å²) in [7, 11) is 0. The molecule has 6 nitrogen and oxygen atoms in total. The van der Waals surface area contributed by atoms with E-state index in [4.69, 9.17) is 11.6 Å². The predicted octanol–water partition coefficient (Wildman–Crippen LogP) is 3.03. The molecular formula is C20H24ClN3O3. The van der Waals surface area contributed by atoms with Crippen LogP contribution in [0.1, 0.15) is 54.9 Å². The van der Waals surface area contributed by atoms with Gasteiger partial charge in [0, 0.05) is 23.8 Å². The molecule has 1 aromatic carbocycles. The molecule has 1 saturated carbocycles. The summed E-state index contributed by atoms with van der Waals surface area (Å²) in [6.07, 6.45) is 6.52. The average molecular weight is 390 g/mol. The molecule has 7 heteroatoms. The monoisotopic (exact) mass is 389 g/mol. The van der Waals surface area contributed by atoms with Gasteiger partial charge in [-0.15, -0.1) is 0 Å². The third kappa shape index (κ3) is 4.16. The summed E-state index contributed by atoms with van der Waals surface area (Å²) in [4.78, 5) is 42.4. The molecule has 0 unspecified atom stereocenters. The molecule has 1 fully saturated rings. The molecule has 0 bridgehead atoms. The molecule has 1 aromatic heterocycles. The molecule has 0 spiro atoms. The van der Waals surface area contributed by atoms with E-state index in [0.717, 1.165) is 30.3 Å². The fraction of sp³-hybridized carbons (Fsp3) is 0.450. The van der Waals surface area contributed by atoms with E-state index in [1.165, 1.54) is 12.6 Å². The van der Waals surface area contributed by atoms with Crippen molar-refractivity contribution in [2.75, 3.05) is 6.54 Å². The normalized spacial score (nSPS) is 14.9. The first-order valence-electron chi connectivity index (χ1n) is 9.39. The number of benzene rings is 1. The van der Waals surface area contributed by atoms with Gasteiger partial charge in [-0.1, -0.05) is 49.1 Å². The Hall–Kier alpha value is -2.34. The van der Waals surface area contributed by atoms with Gasteiger partial charge in [0.15, 0.2) is 0 Å². The van der Waals surface area contributed by atoms with Crippen LogP contribution in [0.2, 0.25) is 5.02 Å². The van der Waals surface area contributed by atoms with Gasteiger partial charge in [-0.05, 0) is 31.4 Å². The van der Waals surface area contributed by atoms with E-state index in [0.29, 0.717) is 17.1 Å². The van der Waals surface area contributed by atoms with E-state index in [9.17, 15) is 14.4 Å². The lowest BCUT2D eigenvalue weighted by molar-refractivity contribution is 0.0644. The van der Waals surface area contributed by atoms with Gasteiger partial charge >= 0.3 is 5.69 Å². The quantitative estimate of drug-likeness (QED) is 0.854. The van der Waals surface area contributed by atoms with Crippen LogP contribution in [0, 0.1) is 0 Å². The highest BCUT2D eigenvalue weighted by molar-refractivity contribution is 6.31. The summed E-state index contributed by atoms with van der Waals surface area (Å²) in [5, 5.41) is 0.470. The number of aromatic nitrogens is 2. The third-order valence-electron chi connectivity index (χ3n) is 5.19. The zero-order valence-corrected chi connectivity index (χ0v) is 16.2.